The molecule has 1 N–H and O–H groups in total. The lowest BCUT2D eigenvalue weighted by Crippen LogP contribution is -1.98. The van der Waals surface area contributed by atoms with Crippen molar-refractivity contribution in [3.63, 3.8) is 0 Å². The Morgan fingerprint density at radius 1 is 1.54 bits per heavy atom. The summed E-state index contributed by atoms with van der Waals surface area (Å²) in [6.45, 7) is 1.78. The van der Waals surface area contributed by atoms with Crippen molar-refractivity contribution in [2.45, 2.75) is 6.92 Å². The molecule has 70 valence electrons. The van der Waals surface area contributed by atoms with Gasteiger partial charge in [-0.15, -0.1) is 0 Å². The molecule has 0 spiro atoms. The molecular weight excluding hydrogens is 193 g/mol. The molecule has 0 bridgehead atoms. The lowest BCUT2D eigenvalue weighted by atomic mass is 10.3. The first-order valence-electron chi connectivity index (χ1n) is 3.72. The molecule has 0 aliphatic rings. The maximum atomic E-state index is 13.0. The number of halogens is 2. The summed E-state index contributed by atoms with van der Waals surface area (Å²) in [7, 11) is 0. The zero-order chi connectivity index (χ0) is 9.68. The van der Waals surface area contributed by atoms with Gasteiger partial charge in [-0.2, -0.15) is 0 Å². The minimum absolute atomic E-state index is 0.141. The average molecular weight is 202 g/mol. The van der Waals surface area contributed by atoms with E-state index in [1.807, 2.05) is 0 Å². The largest absolute Gasteiger partial charge is 0.390 e. The Labute approximate surface area is 80.9 Å². The van der Waals surface area contributed by atoms with Crippen LogP contribution in [0.4, 0.5) is 10.1 Å². The van der Waals surface area contributed by atoms with Crippen molar-refractivity contribution in [3.05, 3.63) is 41.4 Å². The van der Waals surface area contributed by atoms with Gasteiger partial charge in [0.2, 0.25) is 0 Å². The van der Waals surface area contributed by atoms with Gasteiger partial charge in [0.05, 0.1) is 5.02 Å². The number of allylic oxidation sites excluding steroid dienone is 1. The van der Waals surface area contributed by atoms with Crippen LogP contribution in [0.1, 0.15) is 6.92 Å². The highest BCUT2D eigenvalue weighted by Crippen LogP contribution is 2.24. The molecule has 2 nitrogen and oxygen atoms in total. The maximum Gasteiger partial charge on any atom is 0.151 e. The lowest BCUT2D eigenvalue weighted by Gasteiger charge is -2.06. The average Bonchev–Trinajstić information content (AvgIpc) is 2.10. The van der Waals surface area contributed by atoms with E-state index in [4.69, 9.17) is 16.4 Å². The van der Waals surface area contributed by atoms with E-state index in [0.29, 0.717) is 0 Å². The van der Waals surface area contributed by atoms with E-state index in [2.05, 4.69) is 5.48 Å². The Balaban J connectivity index is 2.75. The fraction of sp³-hybridized carbons (Fsp3) is 0.111. The predicted octanol–water partition coefficient (Wildman–Crippen LogP) is 3.36. The van der Waals surface area contributed by atoms with E-state index < -0.39 is 5.82 Å². The van der Waals surface area contributed by atoms with Crippen molar-refractivity contribution in [3.8, 4) is 0 Å². The highest BCUT2D eigenvalue weighted by atomic mass is 35.5. The smallest absolute Gasteiger partial charge is 0.151 e. The van der Waals surface area contributed by atoms with Crippen LogP contribution in [0.15, 0.2) is 30.5 Å². The van der Waals surface area contributed by atoms with E-state index >= 15 is 0 Å². The molecular formula is C9H9ClFNO. The summed E-state index contributed by atoms with van der Waals surface area (Å²) >= 11 is 5.70. The van der Waals surface area contributed by atoms with Gasteiger partial charge < -0.3 is 4.84 Å². The van der Waals surface area contributed by atoms with E-state index in [1.165, 1.54) is 18.4 Å². The second-order valence-electron chi connectivity index (χ2n) is 2.29. The number of hydrogen-bond acceptors (Lipinski definition) is 2. The van der Waals surface area contributed by atoms with Gasteiger partial charge in [-0.25, -0.2) is 9.87 Å². The van der Waals surface area contributed by atoms with Gasteiger partial charge in [0.1, 0.15) is 11.9 Å². The van der Waals surface area contributed by atoms with Gasteiger partial charge in [-0.1, -0.05) is 17.7 Å². The molecule has 0 saturated heterocycles. The molecule has 13 heavy (non-hydrogen) atoms. The van der Waals surface area contributed by atoms with Crippen molar-refractivity contribution in [1.82, 2.24) is 0 Å². The topological polar surface area (TPSA) is 21.3 Å². The van der Waals surface area contributed by atoms with Crippen LogP contribution in [0.25, 0.3) is 0 Å². The van der Waals surface area contributed by atoms with E-state index in [1.54, 1.807) is 19.1 Å². The number of rotatable bonds is 3. The normalized spacial score (nSPS) is 10.4. The minimum atomic E-state index is -0.447. The molecule has 0 unspecified atom stereocenters. The van der Waals surface area contributed by atoms with Crippen LogP contribution >= 0.6 is 11.6 Å². The lowest BCUT2D eigenvalue weighted by molar-refractivity contribution is 0.326. The summed E-state index contributed by atoms with van der Waals surface area (Å²) < 4.78 is 13.0. The van der Waals surface area contributed by atoms with Crippen LogP contribution in [0.5, 0.6) is 0 Å². The van der Waals surface area contributed by atoms with Crippen molar-refractivity contribution in [2.75, 3.05) is 5.48 Å². The van der Waals surface area contributed by atoms with Crippen LogP contribution in [0.2, 0.25) is 5.02 Å². The SMILES string of the molecule is CC=CONc1c(F)cccc1Cl. The second kappa shape index (κ2) is 4.72. The highest BCUT2D eigenvalue weighted by molar-refractivity contribution is 6.33. The fourth-order valence-corrected chi connectivity index (χ4v) is 0.958. The second-order valence-corrected chi connectivity index (χ2v) is 2.69. The molecule has 0 aliphatic carbocycles. The van der Waals surface area contributed by atoms with Crippen LogP contribution < -0.4 is 5.48 Å². The molecule has 0 amide bonds. The van der Waals surface area contributed by atoms with Gasteiger partial charge >= 0.3 is 0 Å². The van der Waals surface area contributed by atoms with Crippen LogP contribution in [0.3, 0.4) is 0 Å². The number of anilines is 1. The molecule has 1 aromatic rings. The summed E-state index contributed by atoms with van der Waals surface area (Å²) in [5, 5.41) is 0.282. The first-order chi connectivity index (χ1) is 6.25. The van der Waals surface area contributed by atoms with Crippen molar-refractivity contribution >= 4 is 17.3 Å². The number of benzene rings is 1. The van der Waals surface area contributed by atoms with Gasteiger partial charge in [0, 0.05) is 0 Å². The van der Waals surface area contributed by atoms with Crippen molar-refractivity contribution in [2.24, 2.45) is 0 Å². The Hall–Kier alpha value is -1.22. The summed E-state index contributed by atoms with van der Waals surface area (Å²) in [5.41, 5.74) is 2.53. The predicted molar refractivity (Wildman–Crippen MR) is 50.9 cm³/mol. The maximum absolute atomic E-state index is 13.0. The first-order valence-corrected chi connectivity index (χ1v) is 4.10. The van der Waals surface area contributed by atoms with Gasteiger partial charge in [0.25, 0.3) is 0 Å². The molecule has 0 fully saturated rings. The molecule has 1 aromatic carbocycles. The molecule has 0 heterocycles. The fourth-order valence-electron chi connectivity index (χ4n) is 0.756. The number of hydrogen-bond donors (Lipinski definition) is 1. The first kappa shape index (κ1) is 9.86. The summed E-state index contributed by atoms with van der Waals surface area (Å²) in [4.78, 5) is 4.78. The van der Waals surface area contributed by atoms with Crippen LogP contribution in [-0.4, -0.2) is 0 Å². The molecule has 0 aliphatic heterocycles. The number of para-hydroxylation sites is 1. The Morgan fingerprint density at radius 3 is 2.92 bits per heavy atom. The highest BCUT2D eigenvalue weighted by Gasteiger charge is 2.05. The van der Waals surface area contributed by atoms with Gasteiger partial charge in [-0.05, 0) is 25.1 Å². The Morgan fingerprint density at radius 2 is 2.31 bits per heavy atom. The van der Waals surface area contributed by atoms with Crippen LogP contribution in [0, 0.1) is 5.82 Å². The van der Waals surface area contributed by atoms with Crippen molar-refractivity contribution in [1.29, 1.82) is 0 Å². The number of nitrogens with one attached hydrogen (secondary N) is 1. The third-order valence-corrected chi connectivity index (χ3v) is 1.64. The molecule has 0 atom stereocenters. The summed E-state index contributed by atoms with van der Waals surface area (Å²) in [6, 6.07) is 4.40. The monoisotopic (exact) mass is 201 g/mol. The standard InChI is InChI=1S/C9H9ClFNO/c1-2-6-13-12-9-7(10)4-3-5-8(9)11/h2-6,12H,1H3. The quantitative estimate of drug-likeness (QED) is 0.598. The van der Waals surface area contributed by atoms with Gasteiger partial charge in [-0.3, -0.25) is 0 Å². The Bertz CT molecular complexity index is 294. The minimum Gasteiger partial charge on any atom is -0.390 e. The van der Waals surface area contributed by atoms with E-state index in [9.17, 15) is 4.39 Å². The Kier molecular flexibility index (Phi) is 3.58. The summed E-state index contributed by atoms with van der Waals surface area (Å²) in [5.74, 6) is -0.447. The van der Waals surface area contributed by atoms with Crippen molar-refractivity contribution < 1.29 is 9.23 Å². The molecule has 0 aromatic heterocycles. The molecule has 4 heteroatoms. The molecule has 0 saturated carbocycles. The van der Waals surface area contributed by atoms with Crippen LogP contribution in [-0.2, 0) is 4.84 Å². The third kappa shape index (κ3) is 2.63. The zero-order valence-corrected chi connectivity index (χ0v) is 7.81. The van der Waals surface area contributed by atoms with Gasteiger partial charge in [0.15, 0.2) is 5.82 Å². The summed E-state index contributed by atoms with van der Waals surface area (Å²) in [6.07, 6.45) is 3.06. The molecule has 0 radical (unpaired) electrons. The van der Waals surface area contributed by atoms with E-state index in [0.717, 1.165) is 0 Å². The zero-order valence-electron chi connectivity index (χ0n) is 7.05. The molecule has 1 rings (SSSR count). The third-order valence-electron chi connectivity index (χ3n) is 1.33. The van der Waals surface area contributed by atoms with E-state index in [-0.39, 0.29) is 10.7 Å².